The third kappa shape index (κ3) is 2.48. The van der Waals surface area contributed by atoms with Crippen molar-refractivity contribution in [3.63, 3.8) is 0 Å². The van der Waals surface area contributed by atoms with Crippen molar-refractivity contribution in [1.29, 1.82) is 0 Å². The predicted octanol–water partition coefficient (Wildman–Crippen LogP) is 2.18. The van der Waals surface area contributed by atoms with Crippen LogP contribution in [-0.4, -0.2) is 41.9 Å². The predicted molar refractivity (Wildman–Crippen MR) is 60.3 cm³/mol. The van der Waals surface area contributed by atoms with Crippen molar-refractivity contribution >= 4 is 6.09 Å². The molecule has 0 atom stereocenters. The maximum Gasteiger partial charge on any atom is 0.410 e. The van der Waals surface area contributed by atoms with Crippen molar-refractivity contribution in [2.45, 2.75) is 51.2 Å². The molecule has 2 aliphatic rings. The van der Waals surface area contributed by atoms with Crippen molar-refractivity contribution in [2.24, 2.45) is 0 Å². The largest absolute Gasteiger partial charge is 0.444 e. The maximum atomic E-state index is 11.9. The highest BCUT2D eigenvalue weighted by atomic mass is 16.6. The molecule has 1 saturated heterocycles. The van der Waals surface area contributed by atoms with E-state index in [0.717, 1.165) is 12.8 Å². The molecule has 0 bridgehead atoms. The summed E-state index contributed by atoms with van der Waals surface area (Å²) < 4.78 is 11.1. The van der Waals surface area contributed by atoms with E-state index in [1.54, 1.807) is 4.90 Å². The van der Waals surface area contributed by atoms with Crippen LogP contribution in [0.1, 0.15) is 40.0 Å². The van der Waals surface area contributed by atoms with Crippen LogP contribution in [0.4, 0.5) is 4.79 Å². The summed E-state index contributed by atoms with van der Waals surface area (Å²) >= 11 is 0. The van der Waals surface area contributed by atoms with Crippen LogP contribution in [0.3, 0.4) is 0 Å². The van der Waals surface area contributed by atoms with Gasteiger partial charge in [0.1, 0.15) is 5.60 Å². The Bertz CT molecular complexity index is 278. The zero-order valence-corrected chi connectivity index (χ0v) is 10.4. The molecule has 0 radical (unpaired) electrons. The molecule has 0 N–H and O–H groups in total. The van der Waals surface area contributed by atoms with Crippen LogP contribution in [-0.2, 0) is 9.47 Å². The van der Waals surface area contributed by atoms with Crippen molar-refractivity contribution in [1.82, 2.24) is 4.90 Å². The van der Waals surface area contributed by atoms with Gasteiger partial charge in [-0.15, -0.1) is 0 Å². The molecule has 2 rings (SSSR count). The fraction of sp³-hybridized carbons (Fsp3) is 0.917. The average Bonchev–Trinajstić information content (AvgIpc) is 2.13. The summed E-state index contributed by atoms with van der Waals surface area (Å²) in [5, 5.41) is 0. The highest BCUT2D eigenvalue weighted by Gasteiger charge is 2.43. The summed E-state index contributed by atoms with van der Waals surface area (Å²) in [5.41, 5.74) is -0.461. The van der Waals surface area contributed by atoms with Crippen molar-refractivity contribution in [2.75, 3.05) is 19.7 Å². The van der Waals surface area contributed by atoms with E-state index in [9.17, 15) is 4.79 Å². The van der Waals surface area contributed by atoms with E-state index in [1.165, 1.54) is 6.42 Å². The van der Waals surface area contributed by atoms with E-state index in [4.69, 9.17) is 9.47 Å². The molecule has 1 amide bonds. The number of hydrogen-bond donors (Lipinski definition) is 0. The number of hydrogen-bond acceptors (Lipinski definition) is 3. The third-order valence-electron chi connectivity index (χ3n) is 3.16. The Hall–Kier alpha value is -0.770. The van der Waals surface area contributed by atoms with Crippen molar-refractivity contribution in [3.05, 3.63) is 0 Å². The number of morpholine rings is 1. The first kappa shape index (κ1) is 11.7. The van der Waals surface area contributed by atoms with Gasteiger partial charge in [-0.25, -0.2) is 4.79 Å². The lowest BCUT2D eigenvalue weighted by Gasteiger charge is -2.48. The average molecular weight is 227 g/mol. The van der Waals surface area contributed by atoms with Crippen LogP contribution in [0.15, 0.2) is 0 Å². The molecular weight excluding hydrogens is 206 g/mol. The van der Waals surface area contributed by atoms with Gasteiger partial charge < -0.3 is 14.4 Å². The summed E-state index contributed by atoms with van der Waals surface area (Å²) in [7, 11) is 0. The second-order valence-corrected chi connectivity index (χ2v) is 5.79. The molecule has 1 heterocycles. The zero-order valence-electron chi connectivity index (χ0n) is 10.4. The van der Waals surface area contributed by atoms with Crippen molar-refractivity contribution < 1.29 is 14.3 Å². The Morgan fingerprint density at radius 2 is 2.06 bits per heavy atom. The lowest BCUT2D eigenvalue weighted by atomic mass is 9.79. The summed E-state index contributed by atoms with van der Waals surface area (Å²) in [6, 6.07) is 0. The van der Waals surface area contributed by atoms with Gasteiger partial charge in [0.15, 0.2) is 0 Å². The Balaban J connectivity index is 1.91. The molecule has 4 heteroatoms. The second-order valence-electron chi connectivity index (χ2n) is 5.79. The molecule has 0 unspecified atom stereocenters. The van der Waals surface area contributed by atoms with E-state index in [0.29, 0.717) is 19.7 Å². The topological polar surface area (TPSA) is 38.8 Å². The van der Waals surface area contributed by atoms with Gasteiger partial charge in [0.2, 0.25) is 0 Å². The van der Waals surface area contributed by atoms with Gasteiger partial charge >= 0.3 is 6.09 Å². The number of rotatable bonds is 0. The van der Waals surface area contributed by atoms with E-state index in [-0.39, 0.29) is 11.7 Å². The zero-order chi connectivity index (χ0) is 11.8. The van der Waals surface area contributed by atoms with Gasteiger partial charge in [-0.3, -0.25) is 0 Å². The van der Waals surface area contributed by atoms with Gasteiger partial charge in [-0.2, -0.15) is 0 Å². The molecule has 0 aromatic heterocycles. The fourth-order valence-electron chi connectivity index (χ4n) is 2.20. The molecular formula is C12H21NO3. The Morgan fingerprint density at radius 3 is 2.56 bits per heavy atom. The lowest BCUT2D eigenvalue weighted by Crippen LogP contribution is -2.57. The third-order valence-corrected chi connectivity index (χ3v) is 3.16. The van der Waals surface area contributed by atoms with E-state index in [2.05, 4.69) is 0 Å². The fourth-order valence-corrected chi connectivity index (χ4v) is 2.20. The maximum absolute atomic E-state index is 11.9. The van der Waals surface area contributed by atoms with Gasteiger partial charge in [0.05, 0.1) is 18.8 Å². The molecule has 1 spiro atoms. The molecule has 16 heavy (non-hydrogen) atoms. The van der Waals surface area contributed by atoms with Gasteiger partial charge in [-0.05, 0) is 40.0 Å². The summed E-state index contributed by atoms with van der Waals surface area (Å²) in [6.07, 6.45) is 3.16. The number of carbonyl (C=O) groups excluding carboxylic acids is 1. The SMILES string of the molecule is CC(C)(C)OC(=O)N1CCOC2(CCC2)C1. The van der Waals surface area contributed by atoms with E-state index in [1.807, 2.05) is 20.8 Å². The molecule has 2 fully saturated rings. The molecule has 0 aromatic rings. The lowest BCUT2D eigenvalue weighted by molar-refractivity contribution is -0.148. The molecule has 1 aliphatic heterocycles. The normalized spacial score (nSPS) is 24.1. The van der Waals surface area contributed by atoms with Crippen LogP contribution in [0.2, 0.25) is 0 Å². The number of carbonyl (C=O) groups is 1. The first-order chi connectivity index (χ1) is 7.40. The Morgan fingerprint density at radius 1 is 1.38 bits per heavy atom. The number of ether oxygens (including phenoxy) is 2. The standard InChI is InChI=1S/C12H21NO3/c1-11(2,3)16-10(14)13-7-8-15-12(9-13)5-4-6-12/h4-9H2,1-3H3. The van der Waals surface area contributed by atoms with Crippen LogP contribution >= 0.6 is 0 Å². The first-order valence-corrected chi connectivity index (χ1v) is 6.02. The summed E-state index contributed by atoms with van der Waals surface area (Å²) in [4.78, 5) is 13.7. The molecule has 1 saturated carbocycles. The van der Waals surface area contributed by atoms with Crippen molar-refractivity contribution in [3.8, 4) is 0 Å². The molecule has 92 valence electrons. The molecule has 0 aromatic carbocycles. The second kappa shape index (κ2) is 3.91. The minimum absolute atomic E-state index is 0.0465. The first-order valence-electron chi connectivity index (χ1n) is 6.02. The highest BCUT2D eigenvalue weighted by Crippen LogP contribution is 2.38. The molecule has 1 aliphatic carbocycles. The van der Waals surface area contributed by atoms with Crippen LogP contribution < -0.4 is 0 Å². The summed E-state index contributed by atoms with van der Waals surface area (Å²) in [6.45, 7) is 7.66. The van der Waals surface area contributed by atoms with Crippen LogP contribution in [0.5, 0.6) is 0 Å². The van der Waals surface area contributed by atoms with Gasteiger partial charge in [-0.1, -0.05) is 0 Å². The number of amides is 1. The monoisotopic (exact) mass is 227 g/mol. The van der Waals surface area contributed by atoms with E-state index < -0.39 is 5.60 Å². The van der Waals surface area contributed by atoms with Gasteiger partial charge in [0, 0.05) is 6.54 Å². The van der Waals surface area contributed by atoms with E-state index >= 15 is 0 Å². The minimum atomic E-state index is -0.415. The quantitative estimate of drug-likeness (QED) is 0.636. The number of nitrogens with zero attached hydrogens (tertiary/aromatic N) is 1. The summed E-state index contributed by atoms with van der Waals surface area (Å²) in [5.74, 6) is 0. The van der Waals surface area contributed by atoms with Gasteiger partial charge in [0.25, 0.3) is 0 Å². The van der Waals surface area contributed by atoms with Crippen LogP contribution in [0, 0.1) is 0 Å². The minimum Gasteiger partial charge on any atom is -0.444 e. The van der Waals surface area contributed by atoms with Crippen LogP contribution in [0.25, 0.3) is 0 Å². The Labute approximate surface area is 96.9 Å². The highest BCUT2D eigenvalue weighted by molar-refractivity contribution is 5.68. The smallest absolute Gasteiger partial charge is 0.410 e. The molecule has 4 nitrogen and oxygen atoms in total. The Kier molecular flexibility index (Phi) is 2.86.